The molecule has 2 aromatic carbocycles. The average Bonchev–Trinajstić information content (AvgIpc) is 3.79. The van der Waals surface area contributed by atoms with Gasteiger partial charge in [-0.15, -0.1) is 0 Å². The van der Waals surface area contributed by atoms with Crippen molar-refractivity contribution in [1.82, 2.24) is 15.1 Å². The van der Waals surface area contributed by atoms with Crippen LogP contribution in [0.1, 0.15) is 43.5 Å². The van der Waals surface area contributed by atoms with E-state index in [9.17, 15) is 27.6 Å². The van der Waals surface area contributed by atoms with E-state index in [1.54, 1.807) is 7.05 Å². The fourth-order valence-electron chi connectivity index (χ4n) is 6.20. The average molecular weight is 636 g/mol. The molecule has 2 saturated heterocycles. The number of carbonyl (C=O) groups is 3. The third-order valence-electron chi connectivity index (χ3n) is 9.30. The zero-order chi connectivity index (χ0) is 32.8. The second-order valence-corrected chi connectivity index (χ2v) is 12.7. The molecule has 0 aromatic heterocycles. The predicted molar refractivity (Wildman–Crippen MR) is 160 cm³/mol. The number of piperidine rings is 1. The molecule has 1 saturated carbocycles. The summed E-state index contributed by atoms with van der Waals surface area (Å²) >= 11 is 0. The number of rotatable bonds is 7. The first-order chi connectivity index (χ1) is 21.1. The van der Waals surface area contributed by atoms with Gasteiger partial charge in [0.25, 0.3) is 5.91 Å². The van der Waals surface area contributed by atoms with E-state index < -0.39 is 60.3 Å². The van der Waals surface area contributed by atoms with E-state index in [4.69, 9.17) is 0 Å². The molecule has 2 N–H and O–H groups in total. The van der Waals surface area contributed by atoms with Crippen molar-refractivity contribution in [2.45, 2.75) is 51.4 Å². The van der Waals surface area contributed by atoms with Crippen molar-refractivity contribution in [2.24, 2.45) is 17.8 Å². The van der Waals surface area contributed by atoms with Gasteiger partial charge in [0.2, 0.25) is 11.8 Å². The van der Waals surface area contributed by atoms with Crippen molar-refractivity contribution in [3.05, 3.63) is 47.5 Å². The van der Waals surface area contributed by atoms with E-state index in [2.05, 4.69) is 15.5 Å². The molecule has 4 atom stereocenters. The van der Waals surface area contributed by atoms with Gasteiger partial charge in [-0.2, -0.15) is 13.2 Å². The van der Waals surface area contributed by atoms with Gasteiger partial charge in [0.1, 0.15) is 11.6 Å². The van der Waals surface area contributed by atoms with Crippen LogP contribution in [-0.4, -0.2) is 86.1 Å². The summed E-state index contributed by atoms with van der Waals surface area (Å²) < 4.78 is 72.6. The molecule has 3 fully saturated rings. The molecule has 13 heteroatoms. The lowest BCUT2D eigenvalue weighted by molar-refractivity contribution is -0.197. The smallest absolute Gasteiger partial charge is 0.367 e. The number of hydrogen-bond donors (Lipinski definition) is 2. The number of piperazine rings is 1. The Bertz CT molecular complexity index is 1470. The Labute approximate surface area is 258 Å². The van der Waals surface area contributed by atoms with Gasteiger partial charge in [0.05, 0.1) is 28.8 Å². The van der Waals surface area contributed by atoms with Crippen molar-refractivity contribution >= 4 is 29.1 Å². The van der Waals surface area contributed by atoms with E-state index in [0.717, 1.165) is 18.9 Å². The third-order valence-corrected chi connectivity index (χ3v) is 9.30. The first kappa shape index (κ1) is 32.6. The lowest BCUT2D eigenvalue weighted by atomic mass is 9.84. The quantitative estimate of drug-likeness (QED) is 0.424. The minimum Gasteiger partial charge on any atom is -0.367 e. The van der Waals surface area contributed by atoms with Crippen LogP contribution in [-0.2, 0) is 9.59 Å². The van der Waals surface area contributed by atoms with Gasteiger partial charge < -0.3 is 20.4 Å². The molecule has 3 amide bonds. The van der Waals surface area contributed by atoms with E-state index in [0.29, 0.717) is 25.6 Å². The van der Waals surface area contributed by atoms with Crippen molar-refractivity contribution in [1.29, 1.82) is 0 Å². The zero-order valence-electron chi connectivity index (χ0n) is 25.7. The van der Waals surface area contributed by atoms with Gasteiger partial charge >= 0.3 is 6.18 Å². The van der Waals surface area contributed by atoms with Crippen molar-refractivity contribution in [2.75, 3.05) is 50.5 Å². The fraction of sp³-hybridized carbons (Fsp3) is 0.531. The molecule has 2 unspecified atom stereocenters. The Morgan fingerprint density at radius 1 is 1.04 bits per heavy atom. The maximum absolute atomic E-state index is 15.8. The first-order valence-electron chi connectivity index (χ1n) is 15.1. The topological polar surface area (TPSA) is 85.0 Å². The highest BCUT2D eigenvalue weighted by Crippen LogP contribution is 2.40. The summed E-state index contributed by atoms with van der Waals surface area (Å²) in [7, 11) is 3.56. The van der Waals surface area contributed by atoms with Gasteiger partial charge in [-0.3, -0.25) is 19.3 Å². The number of anilines is 2. The molecule has 8 nitrogen and oxygen atoms in total. The Balaban J connectivity index is 1.50. The van der Waals surface area contributed by atoms with Gasteiger partial charge in [-0.05, 0) is 69.5 Å². The number of benzene rings is 2. The number of halogens is 5. The van der Waals surface area contributed by atoms with Crippen LogP contribution in [0.15, 0.2) is 30.3 Å². The maximum Gasteiger partial charge on any atom is 0.393 e. The molecule has 5 rings (SSSR count). The molecule has 45 heavy (non-hydrogen) atoms. The number of amides is 3. The van der Waals surface area contributed by atoms with E-state index in [1.165, 1.54) is 29.2 Å². The van der Waals surface area contributed by atoms with Gasteiger partial charge in [0, 0.05) is 57.3 Å². The standard InChI is InChI=1S/C32H38F5N5O3/c1-17-14-42(15-18(2)41(17)4)28-12-26(34)22(20-7-8-21(25(33)9-20)31(45)40(3)16-19-5-6-19)10-27(28)39-30(44)23-13-38-29(43)11-24(23)32(35,36)37/h7-10,12,17-19,23-24H,5-6,11,13-16H2,1-4H3,(H,38,43)(H,39,44)/t17-,18+,23?,24?. The summed E-state index contributed by atoms with van der Waals surface area (Å²) in [6.07, 6.45) is -3.63. The van der Waals surface area contributed by atoms with E-state index >= 15 is 8.78 Å². The molecule has 2 aromatic rings. The Kier molecular flexibility index (Phi) is 9.12. The highest BCUT2D eigenvalue weighted by Gasteiger charge is 2.50. The third kappa shape index (κ3) is 7.08. The molecule has 244 valence electrons. The molecular weight excluding hydrogens is 597 g/mol. The van der Waals surface area contributed by atoms with Crippen molar-refractivity contribution in [3.63, 3.8) is 0 Å². The van der Waals surface area contributed by atoms with E-state index in [-0.39, 0.29) is 40.1 Å². The SMILES string of the molecule is C[C@@H]1CN(c2cc(F)c(-c3ccc(C(=O)N(C)CC4CC4)c(F)c3)cc2NC(=O)C2CNC(=O)CC2C(F)(F)F)C[C@H](C)N1C. The van der Waals surface area contributed by atoms with Crippen LogP contribution in [0.25, 0.3) is 11.1 Å². The summed E-state index contributed by atoms with van der Waals surface area (Å²) in [5.74, 6) is -7.23. The molecule has 2 aliphatic heterocycles. The van der Waals surface area contributed by atoms with Crippen LogP contribution < -0.4 is 15.5 Å². The van der Waals surface area contributed by atoms with Crippen LogP contribution in [0.3, 0.4) is 0 Å². The number of hydrogen-bond acceptors (Lipinski definition) is 5. The van der Waals surface area contributed by atoms with Crippen LogP contribution >= 0.6 is 0 Å². The second kappa shape index (κ2) is 12.6. The lowest BCUT2D eigenvalue weighted by Crippen LogP contribution is -2.55. The number of nitrogens with one attached hydrogen (secondary N) is 2. The Morgan fingerprint density at radius 2 is 1.71 bits per heavy atom. The Hall–Kier alpha value is -3.74. The van der Waals surface area contributed by atoms with Crippen molar-refractivity contribution < 1.29 is 36.3 Å². The largest absolute Gasteiger partial charge is 0.393 e. The van der Waals surface area contributed by atoms with Gasteiger partial charge in [0.15, 0.2) is 0 Å². The molecule has 0 spiro atoms. The monoisotopic (exact) mass is 635 g/mol. The fourth-order valence-corrected chi connectivity index (χ4v) is 6.20. The Morgan fingerprint density at radius 3 is 2.31 bits per heavy atom. The summed E-state index contributed by atoms with van der Waals surface area (Å²) in [5, 5.41) is 4.92. The first-order valence-corrected chi connectivity index (χ1v) is 15.1. The normalized spacial score (nSPS) is 24.3. The van der Waals surface area contributed by atoms with Crippen LogP contribution in [0.4, 0.5) is 33.3 Å². The van der Waals surface area contributed by atoms with Crippen LogP contribution in [0, 0.1) is 29.4 Å². The lowest BCUT2D eigenvalue weighted by Gasteiger charge is -2.44. The number of carbonyl (C=O) groups excluding carboxylic acids is 3. The molecule has 3 aliphatic rings. The number of nitrogens with zero attached hydrogens (tertiary/aromatic N) is 3. The molecular formula is C32H38F5N5O3. The van der Waals surface area contributed by atoms with Crippen molar-refractivity contribution in [3.8, 4) is 11.1 Å². The predicted octanol–water partition coefficient (Wildman–Crippen LogP) is 4.90. The molecule has 0 bridgehead atoms. The molecule has 1 aliphatic carbocycles. The minimum absolute atomic E-state index is 0.0421. The summed E-state index contributed by atoms with van der Waals surface area (Å²) in [4.78, 5) is 43.5. The molecule has 2 heterocycles. The van der Waals surface area contributed by atoms with E-state index in [1.807, 2.05) is 25.8 Å². The molecule has 0 radical (unpaired) electrons. The zero-order valence-corrected chi connectivity index (χ0v) is 25.7. The van der Waals surface area contributed by atoms with Gasteiger partial charge in [-0.25, -0.2) is 8.78 Å². The summed E-state index contributed by atoms with van der Waals surface area (Å²) in [6, 6.07) is 6.29. The van der Waals surface area contributed by atoms with Crippen LogP contribution in [0.5, 0.6) is 0 Å². The minimum atomic E-state index is -4.79. The second-order valence-electron chi connectivity index (χ2n) is 12.7. The highest BCUT2D eigenvalue weighted by atomic mass is 19.4. The number of alkyl halides is 3. The van der Waals surface area contributed by atoms with Gasteiger partial charge in [-0.1, -0.05) is 6.07 Å². The summed E-state index contributed by atoms with van der Waals surface area (Å²) in [6.45, 7) is 4.88. The number of likely N-dealkylation sites (N-methyl/N-ethyl adjacent to an activating group) is 1. The highest BCUT2D eigenvalue weighted by molar-refractivity contribution is 5.99. The van der Waals surface area contributed by atoms with Crippen LogP contribution in [0.2, 0.25) is 0 Å². The maximum atomic E-state index is 15.8. The summed E-state index contributed by atoms with van der Waals surface area (Å²) in [5.41, 5.74) is 0.159.